The lowest BCUT2D eigenvalue weighted by Crippen LogP contribution is -2.17. The average molecular weight is 322 g/mol. The van der Waals surface area contributed by atoms with Gasteiger partial charge in [-0.3, -0.25) is 0 Å². The minimum absolute atomic E-state index is 0.0695. The molecule has 0 spiro atoms. The van der Waals surface area contributed by atoms with Crippen LogP contribution in [0.25, 0.3) is 0 Å². The molecular formula is C13H11ClF3NOS. The molecule has 2 nitrogen and oxygen atoms in total. The Morgan fingerprint density at radius 3 is 2.65 bits per heavy atom. The van der Waals surface area contributed by atoms with Crippen LogP contribution in [0.15, 0.2) is 35.7 Å². The molecule has 0 amide bonds. The second-order valence-corrected chi connectivity index (χ2v) is 5.67. The summed E-state index contributed by atoms with van der Waals surface area (Å²) in [7, 11) is 0. The first-order valence-electron chi connectivity index (χ1n) is 5.70. The molecule has 0 aliphatic carbocycles. The summed E-state index contributed by atoms with van der Waals surface area (Å²) >= 11 is 7.26. The van der Waals surface area contributed by atoms with Gasteiger partial charge in [-0.25, -0.2) is 0 Å². The topological polar surface area (TPSA) is 21.3 Å². The highest BCUT2D eigenvalue weighted by molar-refractivity contribution is 7.14. The van der Waals surface area contributed by atoms with Crippen molar-refractivity contribution in [2.75, 3.05) is 5.32 Å². The fraction of sp³-hybridized carbons (Fsp3) is 0.231. The normalized spacial score (nSPS) is 13.1. The van der Waals surface area contributed by atoms with Crippen molar-refractivity contribution in [1.29, 1.82) is 0 Å². The van der Waals surface area contributed by atoms with Crippen LogP contribution in [0.5, 0.6) is 5.75 Å². The molecule has 7 heteroatoms. The van der Waals surface area contributed by atoms with E-state index in [0.717, 1.165) is 5.56 Å². The van der Waals surface area contributed by atoms with Gasteiger partial charge in [-0.15, -0.1) is 24.5 Å². The van der Waals surface area contributed by atoms with Gasteiger partial charge in [-0.1, -0.05) is 17.7 Å². The first-order valence-corrected chi connectivity index (χ1v) is 6.95. The molecule has 1 N–H and O–H groups in total. The van der Waals surface area contributed by atoms with Crippen LogP contribution in [0.3, 0.4) is 0 Å². The largest absolute Gasteiger partial charge is 0.573 e. The molecule has 2 rings (SSSR count). The molecule has 0 bridgehead atoms. The lowest BCUT2D eigenvalue weighted by Gasteiger charge is -2.15. The van der Waals surface area contributed by atoms with E-state index in [1.807, 2.05) is 18.4 Å². The third-order valence-electron chi connectivity index (χ3n) is 2.54. The van der Waals surface area contributed by atoms with Crippen LogP contribution in [0.1, 0.15) is 18.5 Å². The molecule has 108 valence electrons. The van der Waals surface area contributed by atoms with Crippen LogP contribution >= 0.6 is 22.9 Å². The third kappa shape index (κ3) is 4.31. The smallest absolute Gasteiger partial charge is 0.406 e. The van der Waals surface area contributed by atoms with E-state index in [2.05, 4.69) is 10.1 Å². The highest BCUT2D eigenvalue weighted by Crippen LogP contribution is 2.29. The highest BCUT2D eigenvalue weighted by Gasteiger charge is 2.31. The number of hydrogen-bond acceptors (Lipinski definition) is 3. The van der Waals surface area contributed by atoms with E-state index in [0.29, 0.717) is 10.0 Å². The summed E-state index contributed by atoms with van der Waals surface area (Å²) < 4.78 is 41.0. The Balaban J connectivity index is 2.08. The van der Waals surface area contributed by atoms with Crippen molar-refractivity contribution in [3.63, 3.8) is 0 Å². The molecule has 0 radical (unpaired) electrons. The molecule has 1 heterocycles. The highest BCUT2D eigenvalue weighted by atomic mass is 35.5. The Labute approximate surface area is 123 Å². The van der Waals surface area contributed by atoms with Crippen molar-refractivity contribution in [1.82, 2.24) is 0 Å². The third-order valence-corrected chi connectivity index (χ3v) is 3.65. The Kier molecular flexibility index (Phi) is 4.45. The monoisotopic (exact) mass is 321 g/mol. The zero-order valence-electron chi connectivity index (χ0n) is 10.4. The van der Waals surface area contributed by atoms with Crippen LogP contribution in [0.2, 0.25) is 4.34 Å². The fourth-order valence-corrected chi connectivity index (χ4v) is 2.65. The summed E-state index contributed by atoms with van der Waals surface area (Å²) in [6.07, 6.45) is -4.69. The number of anilines is 1. The van der Waals surface area contributed by atoms with Gasteiger partial charge < -0.3 is 10.1 Å². The Morgan fingerprint density at radius 1 is 1.30 bits per heavy atom. The number of alkyl halides is 3. The van der Waals surface area contributed by atoms with Gasteiger partial charge in [0.2, 0.25) is 0 Å². The maximum Gasteiger partial charge on any atom is 0.573 e. The van der Waals surface area contributed by atoms with Gasteiger partial charge >= 0.3 is 6.36 Å². The van der Waals surface area contributed by atoms with Gasteiger partial charge in [0.05, 0.1) is 4.34 Å². The SMILES string of the molecule is CC(Nc1cccc(OC(F)(F)F)c1)c1csc(Cl)c1. The summed E-state index contributed by atoms with van der Waals surface area (Å²) in [5.74, 6) is -0.252. The molecule has 2 aromatic rings. The minimum atomic E-state index is -4.69. The number of hydrogen-bond donors (Lipinski definition) is 1. The maximum absolute atomic E-state index is 12.1. The number of thiophene rings is 1. The van der Waals surface area contributed by atoms with Crippen molar-refractivity contribution >= 4 is 28.6 Å². The van der Waals surface area contributed by atoms with Crippen LogP contribution in [0.4, 0.5) is 18.9 Å². The molecule has 20 heavy (non-hydrogen) atoms. The Morgan fingerprint density at radius 2 is 2.05 bits per heavy atom. The quantitative estimate of drug-likeness (QED) is 0.805. The summed E-state index contributed by atoms with van der Waals surface area (Å²) in [5.41, 5.74) is 1.52. The van der Waals surface area contributed by atoms with E-state index < -0.39 is 6.36 Å². The van der Waals surface area contributed by atoms with Crippen LogP contribution < -0.4 is 10.1 Å². The van der Waals surface area contributed by atoms with Gasteiger partial charge in [0.25, 0.3) is 0 Å². The Bertz CT molecular complexity index is 585. The van der Waals surface area contributed by atoms with Crippen molar-refractivity contribution in [3.05, 3.63) is 45.6 Å². The first-order chi connectivity index (χ1) is 9.33. The van der Waals surface area contributed by atoms with Crippen molar-refractivity contribution in [2.24, 2.45) is 0 Å². The van der Waals surface area contributed by atoms with Gasteiger partial charge in [-0.2, -0.15) is 0 Å². The second-order valence-electron chi connectivity index (χ2n) is 4.13. The number of nitrogens with one attached hydrogen (secondary N) is 1. The van der Waals surface area contributed by atoms with Gasteiger partial charge in [-0.05, 0) is 36.1 Å². The molecule has 1 aromatic carbocycles. The van der Waals surface area contributed by atoms with Crippen molar-refractivity contribution < 1.29 is 17.9 Å². The van der Waals surface area contributed by atoms with Crippen LogP contribution in [-0.2, 0) is 0 Å². The molecule has 0 saturated heterocycles. The lowest BCUT2D eigenvalue weighted by atomic mass is 10.1. The molecule has 1 atom stereocenters. The van der Waals surface area contributed by atoms with Gasteiger partial charge in [0.15, 0.2) is 0 Å². The average Bonchev–Trinajstić information content (AvgIpc) is 2.74. The zero-order chi connectivity index (χ0) is 14.8. The molecule has 0 fully saturated rings. The summed E-state index contributed by atoms with van der Waals surface area (Å²) in [5, 5.41) is 5.00. The molecule has 1 aromatic heterocycles. The minimum Gasteiger partial charge on any atom is -0.406 e. The molecular weight excluding hydrogens is 311 g/mol. The standard InChI is InChI=1S/C13H11ClF3NOS/c1-8(9-5-12(14)20-7-9)18-10-3-2-4-11(6-10)19-13(15,16)17/h2-8,18H,1H3. The van der Waals surface area contributed by atoms with Crippen LogP contribution in [-0.4, -0.2) is 6.36 Å². The van der Waals surface area contributed by atoms with E-state index >= 15 is 0 Å². The number of benzene rings is 1. The van der Waals surface area contributed by atoms with Crippen molar-refractivity contribution in [2.45, 2.75) is 19.3 Å². The molecule has 0 aliphatic rings. The van der Waals surface area contributed by atoms with Crippen LogP contribution in [0, 0.1) is 0 Å². The fourth-order valence-electron chi connectivity index (χ4n) is 1.67. The van der Waals surface area contributed by atoms with Gasteiger partial charge in [0.1, 0.15) is 5.75 Å². The molecule has 0 saturated carbocycles. The first kappa shape index (κ1) is 15.0. The van der Waals surface area contributed by atoms with E-state index in [4.69, 9.17) is 11.6 Å². The predicted molar refractivity (Wildman–Crippen MR) is 74.5 cm³/mol. The lowest BCUT2D eigenvalue weighted by molar-refractivity contribution is -0.274. The second kappa shape index (κ2) is 5.93. The molecule has 1 unspecified atom stereocenters. The number of rotatable bonds is 4. The number of ether oxygens (including phenoxy) is 1. The summed E-state index contributed by atoms with van der Waals surface area (Å²) in [6.45, 7) is 1.90. The zero-order valence-corrected chi connectivity index (χ0v) is 11.9. The predicted octanol–water partition coefficient (Wildman–Crippen LogP) is 5.47. The van der Waals surface area contributed by atoms with E-state index in [1.54, 1.807) is 6.07 Å². The Hall–Kier alpha value is -1.40. The number of halogens is 4. The van der Waals surface area contributed by atoms with E-state index in [9.17, 15) is 13.2 Å². The van der Waals surface area contributed by atoms with E-state index in [-0.39, 0.29) is 11.8 Å². The summed E-state index contributed by atoms with van der Waals surface area (Å²) in [4.78, 5) is 0. The molecule has 0 aliphatic heterocycles. The van der Waals surface area contributed by atoms with Crippen molar-refractivity contribution in [3.8, 4) is 5.75 Å². The van der Waals surface area contributed by atoms with E-state index in [1.165, 1.54) is 29.5 Å². The maximum atomic E-state index is 12.1. The van der Waals surface area contributed by atoms with Gasteiger partial charge in [0, 0.05) is 17.8 Å². The summed E-state index contributed by atoms with van der Waals surface area (Å²) in [6, 6.07) is 7.48.